The summed E-state index contributed by atoms with van der Waals surface area (Å²) >= 11 is 5.29. The molecule has 7 nitrogen and oxygen atoms in total. The molecule has 1 saturated carbocycles. The summed E-state index contributed by atoms with van der Waals surface area (Å²) in [4.78, 5) is 17.4. The highest BCUT2D eigenvalue weighted by Gasteiger charge is 2.27. The number of para-hydroxylation sites is 1. The summed E-state index contributed by atoms with van der Waals surface area (Å²) < 4.78 is 4.70. The largest absolute Gasteiger partial charge is 0.345 e. The van der Waals surface area contributed by atoms with Crippen molar-refractivity contribution in [1.82, 2.24) is 29.6 Å². The van der Waals surface area contributed by atoms with E-state index in [-0.39, 0.29) is 5.91 Å². The molecule has 0 aliphatic heterocycles. The van der Waals surface area contributed by atoms with Crippen LogP contribution in [0.1, 0.15) is 40.9 Å². The molecule has 29 heavy (non-hydrogen) atoms. The van der Waals surface area contributed by atoms with Crippen LogP contribution in [0.25, 0.3) is 16.7 Å². The number of H-pyrrole nitrogens is 1. The maximum absolute atomic E-state index is 12.7. The summed E-state index contributed by atoms with van der Waals surface area (Å²) in [7, 11) is 0. The van der Waals surface area contributed by atoms with E-state index in [0.717, 1.165) is 41.2 Å². The molecule has 1 aliphatic rings. The Morgan fingerprint density at radius 3 is 2.79 bits per heavy atom. The number of carbonyl (C=O) groups is 1. The molecule has 0 bridgehead atoms. The normalized spacial score (nSPS) is 13.7. The van der Waals surface area contributed by atoms with E-state index in [1.807, 2.05) is 60.0 Å². The lowest BCUT2D eigenvalue weighted by Gasteiger charge is -2.08. The van der Waals surface area contributed by atoms with Gasteiger partial charge in [-0.3, -0.25) is 19.0 Å². The predicted molar refractivity (Wildman–Crippen MR) is 113 cm³/mol. The Bertz CT molecular complexity index is 1270. The fourth-order valence-corrected chi connectivity index (χ4v) is 3.98. The van der Waals surface area contributed by atoms with E-state index in [0.29, 0.717) is 22.9 Å². The number of aryl methyl sites for hydroxylation is 1. The molecule has 0 spiro atoms. The van der Waals surface area contributed by atoms with Gasteiger partial charge in [0.05, 0.1) is 17.6 Å². The molecule has 146 valence electrons. The molecular weight excluding hydrogens is 384 g/mol. The Morgan fingerprint density at radius 1 is 1.24 bits per heavy atom. The molecule has 2 N–H and O–H groups in total. The molecule has 5 rings (SSSR count). The fraction of sp³-hybridized carbons (Fsp3) is 0.238. The number of hydrogen-bond acceptors (Lipinski definition) is 4. The molecule has 2 aromatic heterocycles. The first-order valence-corrected chi connectivity index (χ1v) is 10.0. The van der Waals surface area contributed by atoms with Gasteiger partial charge in [0.2, 0.25) is 0 Å². The number of rotatable bonds is 5. The summed E-state index contributed by atoms with van der Waals surface area (Å²) in [6.45, 7) is 2.30. The van der Waals surface area contributed by atoms with Gasteiger partial charge in [-0.15, -0.1) is 0 Å². The topological polar surface area (TPSA) is 80.5 Å². The quantitative estimate of drug-likeness (QED) is 0.495. The first-order chi connectivity index (χ1) is 14.1. The van der Waals surface area contributed by atoms with E-state index in [9.17, 15) is 4.79 Å². The third kappa shape index (κ3) is 3.25. The third-order valence-electron chi connectivity index (χ3n) is 5.20. The Morgan fingerprint density at radius 2 is 2.03 bits per heavy atom. The van der Waals surface area contributed by atoms with Gasteiger partial charge < -0.3 is 5.32 Å². The molecule has 0 radical (unpaired) electrons. The minimum atomic E-state index is -0.157. The zero-order valence-electron chi connectivity index (χ0n) is 15.9. The van der Waals surface area contributed by atoms with Crippen molar-refractivity contribution < 1.29 is 4.79 Å². The van der Waals surface area contributed by atoms with Crippen LogP contribution in [0.5, 0.6) is 0 Å². The van der Waals surface area contributed by atoms with Gasteiger partial charge in [0.15, 0.2) is 10.6 Å². The number of amides is 1. The van der Waals surface area contributed by atoms with E-state index in [2.05, 4.69) is 25.1 Å². The molecule has 8 heteroatoms. The number of aromatic amines is 1. The number of imidazole rings is 1. The van der Waals surface area contributed by atoms with Crippen LogP contribution >= 0.6 is 12.2 Å². The molecule has 1 fully saturated rings. The minimum Gasteiger partial charge on any atom is -0.345 e. The number of nitrogens with zero attached hydrogens (tertiary/aromatic N) is 4. The van der Waals surface area contributed by atoms with E-state index in [1.165, 1.54) is 0 Å². The molecule has 1 amide bonds. The average molecular weight is 404 g/mol. The molecule has 2 aromatic carbocycles. The van der Waals surface area contributed by atoms with Gasteiger partial charge in [-0.05, 0) is 62.3 Å². The molecule has 0 saturated heterocycles. The summed E-state index contributed by atoms with van der Waals surface area (Å²) in [5, 5.41) is 10.0. The van der Waals surface area contributed by atoms with E-state index < -0.39 is 0 Å². The van der Waals surface area contributed by atoms with Crippen LogP contribution in [-0.4, -0.2) is 30.2 Å². The lowest BCUT2D eigenvalue weighted by molar-refractivity contribution is 0.0949. The van der Waals surface area contributed by atoms with Crippen molar-refractivity contribution in [2.45, 2.75) is 32.4 Å². The van der Waals surface area contributed by atoms with Crippen molar-refractivity contribution in [3.63, 3.8) is 0 Å². The van der Waals surface area contributed by atoms with Gasteiger partial charge >= 0.3 is 0 Å². The van der Waals surface area contributed by atoms with E-state index in [4.69, 9.17) is 12.2 Å². The highest BCUT2D eigenvalue weighted by molar-refractivity contribution is 7.71. The summed E-state index contributed by atoms with van der Waals surface area (Å²) in [5.41, 5.74) is 3.38. The van der Waals surface area contributed by atoms with Gasteiger partial charge in [-0.25, -0.2) is 4.98 Å². The first kappa shape index (κ1) is 17.8. The second-order valence-electron chi connectivity index (χ2n) is 7.26. The Kier molecular flexibility index (Phi) is 4.28. The molecule has 4 aromatic rings. The molecule has 1 aliphatic carbocycles. The van der Waals surface area contributed by atoms with Crippen molar-refractivity contribution in [3.8, 4) is 5.69 Å². The fourth-order valence-electron chi connectivity index (χ4n) is 3.68. The maximum atomic E-state index is 12.7. The van der Waals surface area contributed by atoms with Gasteiger partial charge in [0, 0.05) is 17.3 Å². The second-order valence-corrected chi connectivity index (χ2v) is 7.65. The standard InChI is InChI=1S/C21H20N6OS/c1-13-23-17-11-14(7-10-18(17)26(13)15-5-3-2-4-6-15)20(28)22-12-19-24-25-21(29)27(19)16-8-9-16/h2-7,10-11,16H,8-9,12H2,1H3,(H,22,28)(H,25,29). The molecule has 0 atom stereocenters. The minimum absolute atomic E-state index is 0.157. The Hall–Kier alpha value is -3.26. The highest BCUT2D eigenvalue weighted by atomic mass is 32.1. The van der Waals surface area contributed by atoms with Crippen LogP contribution in [0.2, 0.25) is 0 Å². The van der Waals surface area contributed by atoms with Crippen LogP contribution in [-0.2, 0) is 6.54 Å². The number of carbonyl (C=O) groups excluding carboxylic acids is 1. The van der Waals surface area contributed by atoms with Crippen LogP contribution < -0.4 is 5.32 Å². The zero-order valence-corrected chi connectivity index (χ0v) is 16.7. The summed E-state index contributed by atoms with van der Waals surface area (Å²) in [5.74, 6) is 1.48. The van der Waals surface area contributed by atoms with E-state index >= 15 is 0 Å². The smallest absolute Gasteiger partial charge is 0.251 e. The molecule has 0 unspecified atom stereocenters. The maximum Gasteiger partial charge on any atom is 0.251 e. The zero-order chi connectivity index (χ0) is 20.0. The van der Waals surface area contributed by atoms with Gasteiger partial charge in [-0.2, -0.15) is 5.10 Å². The molecule has 2 heterocycles. The number of nitrogens with one attached hydrogen (secondary N) is 2. The Balaban J connectivity index is 1.39. The first-order valence-electron chi connectivity index (χ1n) is 9.60. The monoisotopic (exact) mass is 404 g/mol. The van der Waals surface area contributed by atoms with Crippen LogP contribution in [0.4, 0.5) is 0 Å². The SMILES string of the molecule is Cc1nc2cc(C(=O)NCc3n[nH]c(=S)n3C3CC3)ccc2n1-c1ccccc1. The number of benzene rings is 2. The van der Waals surface area contributed by atoms with Crippen molar-refractivity contribution >= 4 is 29.2 Å². The van der Waals surface area contributed by atoms with Crippen molar-refractivity contribution in [2.24, 2.45) is 0 Å². The van der Waals surface area contributed by atoms with Gasteiger partial charge in [0.25, 0.3) is 5.91 Å². The third-order valence-corrected chi connectivity index (χ3v) is 5.48. The van der Waals surface area contributed by atoms with Crippen molar-refractivity contribution in [2.75, 3.05) is 0 Å². The van der Waals surface area contributed by atoms with Crippen LogP contribution in [0.15, 0.2) is 48.5 Å². The molecular formula is C21H20N6OS. The lowest BCUT2D eigenvalue weighted by Crippen LogP contribution is -2.24. The number of aromatic nitrogens is 5. The highest BCUT2D eigenvalue weighted by Crippen LogP contribution is 2.35. The number of fused-ring (bicyclic) bond motifs is 1. The van der Waals surface area contributed by atoms with Crippen LogP contribution in [0.3, 0.4) is 0 Å². The number of hydrogen-bond donors (Lipinski definition) is 2. The van der Waals surface area contributed by atoms with Crippen molar-refractivity contribution in [1.29, 1.82) is 0 Å². The summed E-state index contributed by atoms with van der Waals surface area (Å²) in [6.07, 6.45) is 2.21. The average Bonchev–Trinajstić information content (AvgIpc) is 3.41. The van der Waals surface area contributed by atoms with E-state index in [1.54, 1.807) is 0 Å². The van der Waals surface area contributed by atoms with Crippen LogP contribution in [0, 0.1) is 11.7 Å². The lowest BCUT2D eigenvalue weighted by atomic mass is 10.2. The van der Waals surface area contributed by atoms with Gasteiger partial charge in [0.1, 0.15) is 5.82 Å². The summed E-state index contributed by atoms with van der Waals surface area (Å²) in [6, 6.07) is 16.1. The Labute approximate surface area is 172 Å². The predicted octanol–water partition coefficient (Wildman–Crippen LogP) is 3.85. The van der Waals surface area contributed by atoms with Gasteiger partial charge in [-0.1, -0.05) is 18.2 Å². The second kappa shape index (κ2) is 6.97. The van der Waals surface area contributed by atoms with Crippen molar-refractivity contribution in [3.05, 3.63) is 70.5 Å².